The highest BCUT2D eigenvalue weighted by Gasteiger charge is 2.22. The summed E-state index contributed by atoms with van der Waals surface area (Å²) in [6, 6.07) is 16.1. The molecule has 3 rings (SSSR count). The molecule has 2 aromatic rings. The van der Waals surface area contributed by atoms with E-state index in [1.165, 1.54) is 81.8 Å². The fraction of sp³-hybridized carbons (Fsp3) is 0.552. The molecule has 0 N–H and O–H groups in total. The lowest BCUT2D eigenvalue weighted by Crippen LogP contribution is -2.14. The highest BCUT2D eigenvalue weighted by molar-refractivity contribution is 5.91. The molecule has 1 saturated carbocycles. The van der Waals surface area contributed by atoms with Gasteiger partial charge >= 0.3 is 5.97 Å². The van der Waals surface area contributed by atoms with Crippen molar-refractivity contribution < 1.29 is 9.53 Å². The molecule has 1 aliphatic rings. The lowest BCUT2D eigenvalue weighted by molar-refractivity contribution is 0.0734. The normalized spacial score (nSPS) is 18.6. The minimum absolute atomic E-state index is 0.273. The Morgan fingerprint density at radius 2 is 1.45 bits per heavy atom. The molecule has 0 amide bonds. The molecule has 1 fully saturated rings. The maximum absolute atomic E-state index is 12.5. The summed E-state index contributed by atoms with van der Waals surface area (Å²) in [5.74, 6) is 1.92. The van der Waals surface area contributed by atoms with E-state index in [1.807, 2.05) is 24.3 Å². The van der Waals surface area contributed by atoms with Gasteiger partial charge in [-0.05, 0) is 85.8 Å². The van der Waals surface area contributed by atoms with Crippen LogP contribution in [0.2, 0.25) is 0 Å². The molecule has 2 nitrogen and oxygen atoms in total. The fourth-order valence-electron chi connectivity index (χ4n) is 4.83. The summed E-state index contributed by atoms with van der Waals surface area (Å²) in [5.41, 5.74) is 3.31. The SMILES string of the molecule is CCCCCc1ccc(OC(=O)c2ccc(C3CCC(CCCCC)CC3)cc2)cc1. The molecule has 168 valence electrons. The fourth-order valence-corrected chi connectivity index (χ4v) is 4.83. The van der Waals surface area contributed by atoms with Crippen LogP contribution in [-0.4, -0.2) is 5.97 Å². The summed E-state index contributed by atoms with van der Waals surface area (Å²) in [4.78, 5) is 12.5. The number of unbranched alkanes of at least 4 members (excludes halogenated alkanes) is 4. The average Bonchev–Trinajstić information content (AvgIpc) is 2.81. The molecule has 0 aromatic heterocycles. The van der Waals surface area contributed by atoms with E-state index in [-0.39, 0.29) is 5.97 Å². The van der Waals surface area contributed by atoms with E-state index in [4.69, 9.17) is 4.74 Å². The molecule has 0 spiro atoms. The van der Waals surface area contributed by atoms with Gasteiger partial charge in [0.15, 0.2) is 0 Å². The predicted octanol–water partition coefficient (Wildman–Crippen LogP) is 8.49. The van der Waals surface area contributed by atoms with E-state index in [2.05, 4.69) is 38.1 Å². The number of rotatable bonds is 11. The Labute approximate surface area is 189 Å². The molecular weight excluding hydrogens is 380 g/mol. The monoisotopic (exact) mass is 420 g/mol. The van der Waals surface area contributed by atoms with Crippen LogP contribution < -0.4 is 4.74 Å². The zero-order chi connectivity index (χ0) is 21.9. The minimum Gasteiger partial charge on any atom is -0.423 e. The van der Waals surface area contributed by atoms with E-state index in [1.54, 1.807) is 0 Å². The molecule has 0 unspecified atom stereocenters. The minimum atomic E-state index is -0.273. The zero-order valence-electron chi connectivity index (χ0n) is 19.6. The molecular formula is C29H40O2. The largest absolute Gasteiger partial charge is 0.423 e. The molecule has 31 heavy (non-hydrogen) atoms. The Morgan fingerprint density at radius 1 is 0.806 bits per heavy atom. The number of benzene rings is 2. The second kappa shape index (κ2) is 12.7. The number of hydrogen-bond acceptors (Lipinski definition) is 2. The molecule has 0 bridgehead atoms. The predicted molar refractivity (Wildman–Crippen MR) is 130 cm³/mol. The number of carbonyl (C=O) groups is 1. The quantitative estimate of drug-likeness (QED) is 0.207. The van der Waals surface area contributed by atoms with E-state index in [0.717, 1.165) is 12.3 Å². The lowest BCUT2D eigenvalue weighted by Gasteiger charge is -2.29. The lowest BCUT2D eigenvalue weighted by atomic mass is 9.77. The van der Waals surface area contributed by atoms with Crippen molar-refractivity contribution in [2.45, 2.75) is 96.8 Å². The van der Waals surface area contributed by atoms with Crippen LogP contribution in [0.3, 0.4) is 0 Å². The van der Waals surface area contributed by atoms with Gasteiger partial charge in [-0.2, -0.15) is 0 Å². The van der Waals surface area contributed by atoms with Crippen molar-refractivity contribution in [1.29, 1.82) is 0 Å². The first kappa shape index (κ1) is 23.6. The molecule has 0 saturated heterocycles. The molecule has 1 aliphatic carbocycles. The van der Waals surface area contributed by atoms with Crippen molar-refractivity contribution in [3.05, 3.63) is 65.2 Å². The molecule has 0 atom stereocenters. The van der Waals surface area contributed by atoms with Crippen LogP contribution in [0.4, 0.5) is 0 Å². The van der Waals surface area contributed by atoms with E-state index in [0.29, 0.717) is 17.2 Å². The number of aryl methyl sites for hydroxylation is 1. The molecule has 2 heteroatoms. The summed E-state index contributed by atoms with van der Waals surface area (Å²) in [6.07, 6.45) is 15.6. The van der Waals surface area contributed by atoms with Gasteiger partial charge in [-0.25, -0.2) is 4.79 Å². The summed E-state index contributed by atoms with van der Waals surface area (Å²) >= 11 is 0. The van der Waals surface area contributed by atoms with Gasteiger partial charge in [-0.1, -0.05) is 76.6 Å². The third kappa shape index (κ3) is 7.52. The highest BCUT2D eigenvalue weighted by atomic mass is 16.5. The molecule has 2 aromatic carbocycles. The Hall–Kier alpha value is -2.09. The summed E-state index contributed by atoms with van der Waals surface area (Å²) in [7, 11) is 0. The van der Waals surface area contributed by atoms with E-state index < -0.39 is 0 Å². The van der Waals surface area contributed by atoms with Crippen LogP contribution in [0.15, 0.2) is 48.5 Å². The van der Waals surface area contributed by atoms with Crippen LogP contribution in [0.25, 0.3) is 0 Å². The van der Waals surface area contributed by atoms with Gasteiger partial charge < -0.3 is 4.74 Å². The average molecular weight is 421 g/mol. The van der Waals surface area contributed by atoms with Crippen LogP contribution >= 0.6 is 0 Å². The van der Waals surface area contributed by atoms with Gasteiger partial charge in [0.05, 0.1) is 5.56 Å². The Morgan fingerprint density at radius 3 is 2.10 bits per heavy atom. The Balaban J connectivity index is 1.47. The second-order valence-corrected chi connectivity index (χ2v) is 9.33. The van der Waals surface area contributed by atoms with Crippen molar-refractivity contribution in [3.8, 4) is 5.75 Å². The number of ether oxygens (including phenoxy) is 1. The van der Waals surface area contributed by atoms with Gasteiger partial charge in [-0.15, -0.1) is 0 Å². The van der Waals surface area contributed by atoms with Crippen LogP contribution in [0.1, 0.15) is 112 Å². The van der Waals surface area contributed by atoms with E-state index >= 15 is 0 Å². The van der Waals surface area contributed by atoms with Crippen molar-refractivity contribution in [3.63, 3.8) is 0 Å². The smallest absolute Gasteiger partial charge is 0.343 e. The van der Waals surface area contributed by atoms with Gasteiger partial charge in [0.1, 0.15) is 5.75 Å². The molecule has 0 aliphatic heterocycles. The first-order valence-electron chi connectivity index (χ1n) is 12.6. The van der Waals surface area contributed by atoms with Crippen LogP contribution in [-0.2, 0) is 6.42 Å². The summed E-state index contributed by atoms with van der Waals surface area (Å²) in [6.45, 7) is 4.50. The van der Waals surface area contributed by atoms with Crippen LogP contribution in [0.5, 0.6) is 5.75 Å². The maximum Gasteiger partial charge on any atom is 0.343 e. The second-order valence-electron chi connectivity index (χ2n) is 9.33. The third-order valence-corrected chi connectivity index (χ3v) is 6.88. The van der Waals surface area contributed by atoms with Crippen molar-refractivity contribution >= 4 is 5.97 Å². The highest BCUT2D eigenvalue weighted by Crippen LogP contribution is 2.37. The van der Waals surface area contributed by atoms with Crippen molar-refractivity contribution in [1.82, 2.24) is 0 Å². The topological polar surface area (TPSA) is 26.3 Å². The number of hydrogen-bond donors (Lipinski definition) is 0. The van der Waals surface area contributed by atoms with Crippen molar-refractivity contribution in [2.75, 3.05) is 0 Å². The van der Waals surface area contributed by atoms with Gasteiger partial charge in [-0.3, -0.25) is 0 Å². The standard InChI is InChI=1S/C29H40O2/c1-3-5-7-9-23-11-15-25(16-12-23)26-17-19-27(20-18-26)29(30)31-28-21-13-24(14-22-28)10-8-6-4-2/h13-14,17-23,25H,3-12,15-16H2,1-2H3. The Bertz CT molecular complexity index is 767. The van der Waals surface area contributed by atoms with Crippen LogP contribution in [0, 0.1) is 5.92 Å². The van der Waals surface area contributed by atoms with Crippen molar-refractivity contribution in [2.24, 2.45) is 5.92 Å². The molecule has 0 heterocycles. The number of carbonyl (C=O) groups excluding carboxylic acids is 1. The third-order valence-electron chi connectivity index (χ3n) is 6.88. The maximum atomic E-state index is 12.5. The molecule has 0 radical (unpaired) electrons. The summed E-state index contributed by atoms with van der Waals surface area (Å²) < 4.78 is 5.59. The number of esters is 1. The van der Waals surface area contributed by atoms with Gasteiger partial charge in [0.25, 0.3) is 0 Å². The zero-order valence-corrected chi connectivity index (χ0v) is 19.6. The van der Waals surface area contributed by atoms with E-state index in [9.17, 15) is 4.79 Å². The first-order valence-corrected chi connectivity index (χ1v) is 12.6. The van der Waals surface area contributed by atoms with Gasteiger partial charge in [0, 0.05) is 0 Å². The Kier molecular flexibility index (Phi) is 9.65. The van der Waals surface area contributed by atoms with Gasteiger partial charge in [0.2, 0.25) is 0 Å². The summed E-state index contributed by atoms with van der Waals surface area (Å²) in [5, 5.41) is 0. The first-order chi connectivity index (χ1) is 15.2.